The second kappa shape index (κ2) is 10.2. The summed E-state index contributed by atoms with van der Waals surface area (Å²) in [5, 5.41) is 1.84. The highest BCUT2D eigenvalue weighted by molar-refractivity contribution is 5.79. The molecule has 1 aliphatic rings. The molecule has 1 aliphatic heterocycles. The molecule has 4 N–H and O–H groups in total. The molecule has 0 atom stereocenters. The minimum Gasteiger partial charge on any atom is -0.339 e. The average Bonchev–Trinajstić information content (AvgIpc) is 3.02. The fourth-order valence-electron chi connectivity index (χ4n) is 4.29. The molecule has 5 rings (SSSR count). The van der Waals surface area contributed by atoms with Gasteiger partial charge in [0.05, 0.1) is 17.9 Å². The summed E-state index contributed by atoms with van der Waals surface area (Å²) in [7, 11) is 1.94. The van der Waals surface area contributed by atoms with Crippen LogP contribution >= 0.6 is 0 Å². The van der Waals surface area contributed by atoms with E-state index >= 15 is 0 Å². The van der Waals surface area contributed by atoms with Crippen molar-refractivity contribution in [3.63, 3.8) is 0 Å². The zero-order chi connectivity index (χ0) is 25.1. The Hall–Kier alpha value is -4.12. The number of rotatable bonds is 7. The first-order chi connectivity index (χ1) is 17.5. The van der Waals surface area contributed by atoms with Crippen molar-refractivity contribution in [2.24, 2.45) is 5.84 Å². The summed E-state index contributed by atoms with van der Waals surface area (Å²) in [6.45, 7) is 1.31. The van der Waals surface area contributed by atoms with Gasteiger partial charge in [0, 0.05) is 31.9 Å². The minimum atomic E-state index is -0.891. The topological polar surface area (TPSA) is 85.6 Å². The number of para-hydroxylation sites is 2. The van der Waals surface area contributed by atoms with E-state index in [0.717, 1.165) is 28.6 Å². The van der Waals surface area contributed by atoms with Crippen LogP contribution in [0.15, 0.2) is 79.0 Å². The quantitative estimate of drug-likeness (QED) is 0.267. The Kier molecular flexibility index (Phi) is 6.72. The van der Waals surface area contributed by atoms with Crippen LogP contribution in [0.25, 0.3) is 0 Å². The van der Waals surface area contributed by atoms with Gasteiger partial charge in [0.1, 0.15) is 5.82 Å². The van der Waals surface area contributed by atoms with Crippen LogP contribution in [0.2, 0.25) is 0 Å². The number of halogens is 2. The van der Waals surface area contributed by atoms with Gasteiger partial charge in [-0.1, -0.05) is 48.5 Å². The Morgan fingerprint density at radius 3 is 2.44 bits per heavy atom. The van der Waals surface area contributed by atoms with Gasteiger partial charge in [-0.2, -0.15) is 16.1 Å². The van der Waals surface area contributed by atoms with E-state index in [2.05, 4.69) is 28.2 Å². The van der Waals surface area contributed by atoms with Crippen LogP contribution < -0.4 is 31.7 Å². The zero-order valence-corrected chi connectivity index (χ0v) is 19.7. The van der Waals surface area contributed by atoms with E-state index in [0.29, 0.717) is 30.4 Å². The Balaban J connectivity index is 1.59. The lowest BCUT2D eigenvalue weighted by molar-refractivity contribution is 0.507. The first-order valence-electron chi connectivity index (χ1n) is 11.4. The van der Waals surface area contributed by atoms with E-state index in [9.17, 15) is 8.78 Å². The molecule has 0 amide bonds. The number of hydrogen-bond donors (Lipinski definition) is 3. The van der Waals surface area contributed by atoms with Crippen LogP contribution in [0.5, 0.6) is 0 Å². The van der Waals surface area contributed by atoms with Gasteiger partial charge in [-0.15, -0.1) is 0 Å². The molecule has 4 aromatic rings. The normalized spacial score (nSPS) is 12.7. The van der Waals surface area contributed by atoms with Crippen molar-refractivity contribution in [3.05, 3.63) is 107 Å². The number of fused-ring (bicyclic) bond motifs is 2. The molecule has 1 aromatic heterocycles. The van der Waals surface area contributed by atoms with E-state index in [4.69, 9.17) is 10.8 Å². The average molecular weight is 489 g/mol. The van der Waals surface area contributed by atoms with Gasteiger partial charge in [0.25, 0.3) is 0 Å². The van der Waals surface area contributed by atoms with E-state index in [1.165, 1.54) is 6.07 Å². The molecular formula is C26H26F2N8. The first kappa shape index (κ1) is 23.6. The van der Waals surface area contributed by atoms with E-state index in [1.807, 2.05) is 64.3 Å². The third-order valence-electron chi connectivity index (χ3n) is 6.00. The fraction of sp³-hybridized carbons (Fsp3) is 0.154. The molecule has 0 fully saturated rings. The molecule has 0 unspecified atom stereocenters. The number of aromatic nitrogens is 2. The maximum atomic E-state index is 14.1. The summed E-state index contributed by atoms with van der Waals surface area (Å²) in [6, 6.07) is 21.7. The first-order valence-corrected chi connectivity index (χ1v) is 11.4. The molecule has 0 spiro atoms. The van der Waals surface area contributed by atoms with E-state index in [1.54, 1.807) is 12.3 Å². The molecule has 2 heterocycles. The summed E-state index contributed by atoms with van der Waals surface area (Å²) in [5.74, 6) is 5.02. The van der Waals surface area contributed by atoms with Crippen molar-refractivity contribution in [3.8, 4) is 0 Å². The van der Waals surface area contributed by atoms with Crippen molar-refractivity contribution in [2.45, 2.75) is 19.6 Å². The largest absolute Gasteiger partial charge is 0.339 e. The molecule has 36 heavy (non-hydrogen) atoms. The SMILES string of the molecule is CN(Cc1ccccc1)c1ncc2c(n1)N(Cc1ccc(F)c(F)c1)c1ccccc1N(NNN)C2. The van der Waals surface area contributed by atoms with Crippen molar-refractivity contribution < 1.29 is 8.78 Å². The summed E-state index contributed by atoms with van der Waals surface area (Å²) in [4.78, 5) is 13.5. The summed E-state index contributed by atoms with van der Waals surface area (Å²) < 4.78 is 27.7. The monoisotopic (exact) mass is 488 g/mol. The van der Waals surface area contributed by atoms with Crippen molar-refractivity contribution in [2.75, 3.05) is 21.9 Å². The molecular weight excluding hydrogens is 462 g/mol. The molecule has 0 saturated heterocycles. The minimum absolute atomic E-state index is 0.268. The molecule has 0 bridgehead atoms. The molecule has 0 radical (unpaired) electrons. The number of nitrogens with two attached hydrogens (primary N) is 1. The van der Waals surface area contributed by atoms with Crippen molar-refractivity contribution in [1.29, 1.82) is 0 Å². The fourth-order valence-corrected chi connectivity index (χ4v) is 4.29. The lowest BCUT2D eigenvalue weighted by atomic mass is 10.1. The van der Waals surface area contributed by atoms with Crippen LogP contribution in [0.4, 0.5) is 31.9 Å². The van der Waals surface area contributed by atoms with Crippen LogP contribution in [-0.2, 0) is 19.6 Å². The molecule has 8 nitrogen and oxygen atoms in total. The summed E-state index contributed by atoms with van der Waals surface area (Å²) in [6.07, 6.45) is 1.79. The Bertz CT molecular complexity index is 1350. The second-order valence-corrected chi connectivity index (χ2v) is 8.53. The van der Waals surface area contributed by atoms with E-state index in [-0.39, 0.29) is 6.54 Å². The van der Waals surface area contributed by atoms with E-state index < -0.39 is 11.6 Å². The van der Waals surface area contributed by atoms with Gasteiger partial charge in [0.2, 0.25) is 5.95 Å². The third kappa shape index (κ3) is 4.82. The van der Waals surface area contributed by atoms with Gasteiger partial charge in [-0.05, 0) is 35.4 Å². The highest BCUT2D eigenvalue weighted by atomic mass is 19.2. The van der Waals surface area contributed by atoms with Crippen LogP contribution in [0.1, 0.15) is 16.7 Å². The smallest absolute Gasteiger partial charge is 0.227 e. The second-order valence-electron chi connectivity index (χ2n) is 8.53. The maximum absolute atomic E-state index is 14.1. The summed E-state index contributed by atoms with van der Waals surface area (Å²) in [5.41, 5.74) is 9.65. The predicted molar refractivity (Wildman–Crippen MR) is 136 cm³/mol. The highest BCUT2D eigenvalue weighted by Crippen LogP contribution is 2.40. The van der Waals surface area contributed by atoms with Gasteiger partial charge < -0.3 is 9.80 Å². The molecule has 3 aromatic carbocycles. The molecule has 10 heteroatoms. The van der Waals surface area contributed by atoms with Gasteiger partial charge >= 0.3 is 0 Å². The van der Waals surface area contributed by atoms with Gasteiger partial charge in [-0.3, -0.25) is 10.9 Å². The van der Waals surface area contributed by atoms with Crippen LogP contribution in [-0.4, -0.2) is 17.0 Å². The van der Waals surface area contributed by atoms with Gasteiger partial charge in [0.15, 0.2) is 11.6 Å². The molecule has 0 saturated carbocycles. The Morgan fingerprint density at radius 1 is 0.944 bits per heavy atom. The predicted octanol–water partition coefficient (Wildman–Crippen LogP) is 3.93. The maximum Gasteiger partial charge on any atom is 0.227 e. The van der Waals surface area contributed by atoms with Crippen molar-refractivity contribution >= 4 is 23.1 Å². The van der Waals surface area contributed by atoms with Crippen LogP contribution in [0, 0.1) is 11.6 Å². The lowest BCUT2D eigenvalue weighted by Gasteiger charge is -2.28. The molecule has 184 valence electrons. The standard InChI is InChI=1S/C26H26F2N8/c1-34(15-18-7-3-2-4-8-18)26-30-14-20-17-36(33-32-29)24-10-6-5-9-23(24)35(25(20)31-26)16-19-11-12-21(27)22(28)13-19/h2-14,32-33H,15-17,29H2,1H3. The lowest BCUT2D eigenvalue weighted by Crippen LogP contribution is -2.50. The number of hydrogen-bond acceptors (Lipinski definition) is 8. The highest BCUT2D eigenvalue weighted by Gasteiger charge is 2.27. The van der Waals surface area contributed by atoms with Crippen LogP contribution in [0.3, 0.4) is 0 Å². The Labute approximate surface area is 207 Å². The van der Waals surface area contributed by atoms with Crippen molar-refractivity contribution in [1.82, 2.24) is 21.0 Å². The number of nitrogens with one attached hydrogen (secondary N) is 2. The number of anilines is 4. The number of hydrazine groups is 3. The zero-order valence-electron chi connectivity index (χ0n) is 19.7. The Morgan fingerprint density at radius 2 is 1.69 bits per heavy atom. The summed E-state index contributed by atoms with van der Waals surface area (Å²) >= 11 is 0. The van der Waals surface area contributed by atoms with Gasteiger partial charge in [-0.25, -0.2) is 13.8 Å². The molecule has 0 aliphatic carbocycles. The number of nitrogens with zero attached hydrogens (tertiary/aromatic N) is 5. The number of benzene rings is 3. The third-order valence-corrected chi connectivity index (χ3v) is 6.00.